The van der Waals surface area contributed by atoms with Crippen molar-refractivity contribution >= 4 is 23.0 Å². The van der Waals surface area contributed by atoms with E-state index in [9.17, 15) is 22.4 Å². The van der Waals surface area contributed by atoms with E-state index in [0.29, 0.717) is 17.0 Å². The molecule has 1 N–H and O–H groups in total. The number of ketones is 1. The molecule has 0 unspecified atom stereocenters. The number of Topliss-reactive ketones (excluding diaryl/α,β-unsaturated/α-hetero) is 1. The normalized spacial score (nSPS) is 26.3. The van der Waals surface area contributed by atoms with Gasteiger partial charge in [0, 0.05) is 18.4 Å². The fourth-order valence-corrected chi connectivity index (χ4v) is 4.30. The van der Waals surface area contributed by atoms with Crippen LogP contribution < -0.4 is 5.32 Å². The molecule has 0 radical (unpaired) electrons. The van der Waals surface area contributed by atoms with Crippen LogP contribution in [0.1, 0.15) is 51.2 Å². The van der Waals surface area contributed by atoms with Gasteiger partial charge in [0.2, 0.25) is 0 Å². The summed E-state index contributed by atoms with van der Waals surface area (Å²) in [5.74, 6) is -1.38. The average molecular weight is 417 g/mol. The number of rotatable bonds is 4. The second-order valence-corrected chi connectivity index (χ2v) is 9.09. The SMILES string of the molecule is CC1(C)C[C@@](C)(c2cc(CC(=O)C3(C(F)(F)F)CC3)ccc2F)NC(=S)CO1. The summed E-state index contributed by atoms with van der Waals surface area (Å²) in [5.41, 5.74) is -3.12. The third-order valence-electron chi connectivity index (χ3n) is 5.60. The lowest BCUT2D eigenvalue weighted by molar-refractivity contribution is -0.190. The van der Waals surface area contributed by atoms with Gasteiger partial charge in [-0.05, 0) is 45.2 Å². The molecule has 3 rings (SSSR count). The molecule has 1 aromatic rings. The van der Waals surface area contributed by atoms with E-state index in [-0.39, 0.29) is 31.4 Å². The minimum absolute atomic E-state index is 0.178. The Morgan fingerprint density at radius 1 is 1.25 bits per heavy atom. The Kier molecular flexibility index (Phi) is 5.11. The summed E-state index contributed by atoms with van der Waals surface area (Å²) in [6.07, 6.45) is -4.89. The molecule has 0 spiro atoms. The van der Waals surface area contributed by atoms with Crippen molar-refractivity contribution in [2.24, 2.45) is 5.41 Å². The van der Waals surface area contributed by atoms with Crippen molar-refractivity contribution in [1.82, 2.24) is 5.32 Å². The van der Waals surface area contributed by atoms with Crippen molar-refractivity contribution in [1.29, 1.82) is 0 Å². The minimum atomic E-state index is -4.55. The highest BCUT2D eigenvalue weighted by Gasteiger charge is 2.67. The summed E-state index contributed by atoms with van der Waals surface area (Å²) in [6.45, 7) is 5.71. The number of thiocarbonyl (C=S) groups is 1. The van der Waals surface area contributed by atoms with Gasteiger partial charge < -0.3 is 10.1 Å². The quantitative estimate of drug-likeness (QED) is 0.574. The Balaban J connectivity index is 1.91. The van der Waals surface area contributed by atoms with Crippen LogP contribution in [0.3, 0.4) is 0 Å². The van der Waals surface area contributed by atoms with E-state index in [2.05, 4.69) is 5.32 Å². The predicted molar refractivity (Wildman–Crippen MR) is 101 cm³/mol. The van der Waals surface area contributed by atoms with E-state index in [1.165, 1.54) is 18.2 Å². The molecule has 1 aliphatic heterocycles. The number of ether oxygens (including phenoxy) is 1. The molecule has 154 valence electrons. The maximum absolute atomic E-state index is 14.7. The number of alkyl halides is 3. The first-order chi connectivity index (χ1) is 12.8. The van der Waals surface area contributed by atoms with E-state index < -0.39 is 34.3 Å². The number of halogens is 4. The van der Waals surface area contributed by atoms with Gasteiger partial charge in [-0.25, -0.2) is 4.39 Å². The zero-order valence-electron chi connectivity index (χ0n) is 16.0. The molecule has 8 heteroatoms. The Bertz CT molecular complexity index is 817. The molecule has 1 heterocycles. The maximum Gasteiger partial charge on any atom is 0.401 e. The molecule has 1 saturated heterocycles. The molecular formula is C20H23F4NO2S. The van der Waals surface area contributed by atoms with E-state index >= 15 is 0 Å². The van der Waals surface area contributed by atoms with Crippen LogP contribution in [0, 0.1) is 11.2 Å². The van der Waals surface area contributed by atoms with Gasteiger partial charge in [0.15, 0.2) is 5.78 Å². The minimum Gasteiger partial charge on any atom is -0.368 e. The largest absolute Gasteiger partial charge is 0.401 e. The first kappa shape index (κ1) is 21.2. The summed E-state index contributed by atoms with van der Waals surface area (Å²) in [4.78, 5) is 12.8. The smallest absolute Gasteiger partial charge is 0.368 e. The number of hydrogen-bond acceptors (Lipinski definition) is 3. The van der Waals surface area contributed by atoms with E-state index in [1.54, 1.807) is 6.92 Å². The highest BCUT2D eigenvalue weighted by Crippen LogP contribution is 2.58. The number of benzene rings is 1. The highest BCUT2D eigenvalue weighted by molar-refractivity contribution is 7.80. The van der Waals surface area contributed by atoms with Crippen molar-refractivity contribution in [2.75, 3.05) is 6.61 Å². The van der Waals surface area contributed by atoms with Gasteiger partial charge in [0.25, 0.3) is 0 Å². The molecular weight excluding hydrogens is 394 g/mol. The summed E-state index contributed by atoms with van der Waals surface area (Å²) in [5, 5.41) is 3.12. The molecule has 2 fully saturated rings. The monoisotopic (exact) mass is 417 g/mol. The summed E-state index contributed by atoms with van der Waals surface area (Å²) < 4.78 is 60.0. The molecule has 1 saturated carbocycles. The van der Waals surface area contributed by atoms with Gasteiger partial charge in [0.05, 0.1) is 17.7 Å². The lowest BCUT2D eigenvalue weighted by Crippen LogP contribution is -2.45. The molecule has 0 bridgehead atoms. The maximum atomic E-state index is 14.7. The predicted octanol–water partition coefficient (Wildman–Crippen LogP) is 4.61. The Labute approximate surface area is 166 Å². The topological polar surface area (TPSA) is 38.3 Å². The zero-order valence-corrected chi connectivity index (χ0v) is 16.8. The lowest BCUT2D eigenvalue weighted by atomic mass is 9.81. The average Bonchev–Trinajstić information content (AvgIpc) is 3.35. The fourth-order valence-electron chi connectivity index (χ4n) is 4.02. The molecule has 1 atom stereocenters. The van der Waals surface area contributed by atoms with Gasteiger partial charge in [-0.2, -0.15) is 13.2 Å². The Hall–Kier alpha value is -1.54. The molecule has 1 aromatic carbocycles. The summed E-state index contributed by atoms with van der Waals surface area (Å²) in [6, 6.07) is 4.03. The first-order valence-corrected chi connectivity index (χ1v) is 9.53. The van der Waals surface area contributed by atoms with Crippen molar-refractivity contribution in [3.63, 3.8) is 0 Å². The summed E-state index contributed by atoms with van der Waals surface area (Å²) in [7, 11) is 0. The van der Waals surface area contributed by atoms with Gasteiger partial charge in [-0.1, -0.05) is 24.4 Å². The van der Waals surface area contributed by atoms with Crippen molar-refractivity contribution in [3.05, 3.63) is 35.1 Å². The van der Waals surface area contributed by atoms with Crippen LogP contribution >= 0.6 is 12.2 Å². The molecule has 2 aliphatic rings. The molecule has 0 amide bonds. The molecule has 1 aliphatic carbocycles. The van der Waals surface area contributed by atoms with Crippen LogP contribution in [0.2, 0.25) is 0 Å². The molecule has 28 heavy (non-hydrogen) atoms. The molecule has 0 aromatic heterocycles. The van der Waals surface area contributed by atoms with Crippen LogP contribution in [0.15, 0.2) is 18.2 Å². The van der Waals surface area contributed by atoms with Crippen LogP contribution in [-0.2, 0) is 21.5 Å². The second kappa shape index (κ2) is 6.76. The summed E-state index contributed by atoms with van der Waals surface area (Å²) >= 11 is 5.25. The molecule has 3 nitrogen and oxygen atoms in total. The van der Waals surface area contributed by atoms with Crippen molar-refractivity contribution in [3.8, 4) is 0 Å². The van der Waals surface area contributed by atoms with Crippen LogP contribution in [0.25, 0.3) is 0 Å². The van der Waals surface area contributed by atoms with Crippen molar-refractivity contribution in [2.45, 2.75) is 63.8 Å². The highest BCUT2D eigenvalue weighted by atomic mass is 32.1. The van der Waals surface area contributed by atoms with Crippen molar-refractivity contribution < 1.29 is 27.1 Å². The van der Waals surface area contributed by atoms with Crippen LogP contribution in [-0.4, -0.2) is 29.2 Å². The van der Waals surface area contributed by atoms with Gasteiger partial charge >= 0.3 is 6.18 Å². The zero-order chi connectivity index (χ0) is 21.0. The van der Waals surface area contributed by atoms with E-state index in [0.717, 1.165) is 0 Å². The van der Waals surface area contributed by atoms with Gasteiger partial charge in [-0.3, -0.25) is 4.79 Å². The Morgan fingerprint density at radius 2 is 1.89 bits per heavy atom. The first-order valence-electron chi connectivity index (χ1n) is 9.12. The number of nitrogens with one attached hydrogen (secondary N) is 1. The number of hydrogen-bond donors (Lipinski definition) is 1. The fraction of sp³-hybridized carbons (Fsp3) is 0.600. The lowest BCUT2D eigenvalue weighted by Gasteiger charge is -2.35. The van der Waals surface area contributed by atoms with Crippen LogP contribution in [0.4, 0.5) is 17.6 Å². The third kappa shape index (κ3) is 3.94. The third-order valence-corrected chi connectivity index (χ3v) is 5.82. The standard InChI is InChI=1S/C20H23F4NO2S/c1-17(2)11-18(3,25-16(28)10-27-17)13-8-12(4-5-14(13)21)9-15(26)19(6-7-19)20(22,23)24/h4-5,8H,6-7,9-11H2,1-3H3,(H,25,28)/t18-/m0/s1. The number of carbonyl (C=O) groups is 1. The van der Waals surface area contributed by atoms with Crippen LogP contribution in [0.5, 0.6) is 0 Å². The van der Waals surface area contributed by atoms with Gasteiger partial charge in [0.1, 0.15) is 16.2 Å². The van der Waals surface area contributed by atoms with Gasteiger partial charge in [-0.15, -0.1) is 0 Å². The number of carbonyl (C=O) groups excluding carboxylic acids is 1. The van der Waals surface area contributed by atoms with E-state index in [4.69, 9.17) is 17.0 Å². The Morgan fingerprint density at radius 3 is 2.46 bits per heavy atom. The second-order valence-electron chi connectivity index (χ2n) is 8.60. The van der Waals surface area contributed by atoms with E-state index in [1.807, 2.05) is 13.8 Å².